The van der Waals surface area contributed by atoms with Gasteiger partial charge in [0.25, 0.3) is 0 Å². The topological polar surface area (TPSA) is 76.4 Å². The quantitative estimate of drug-likeness (QED) is 0.463. The van der Waals surface area contributed by atoms with E-state index in [0.717, 1.165) is 42.7 Å². The number of aromatic nitrogens is 3. The number of hydrogen-bond donors (Lipinski definition) is 2. The Kier molecular flexibility index (Phi) is 6.32. The molecule has 0 bridgehead atoms. The van der Waals surface area contributed by atoms with Crippen molar-refractivity contribution in [3.63, 3.8) is 0 Å². The fraction of sp³-hybridized carbons (Fsp3) is 0.550. The van der Waals surface area contributed by atoms with Gasteiger partial charge in [0.1, 0.15) is 24.0 Å². The number of aliphatic imine (C=N–C) groups is 1. The van der Waals surface area contributed by atoms with Gasteiger partial charge in [-0.3, -0.25) is 4.99 Å². The zero-order valence-electron chi connectivity index (χ0n) is 16.7. The highest BCUT2D eigenvalue weighted by atomic mass is 16.5. The predicted molar refractivity (Wildman–Crippen MR) is 107 cm³/mol. The van der Waals surface area contributed by atoms with Gasteiger partial charge in [-0.1, -0.05) is 32.0 Å². The summed E-state index contributed by atoms with van der Waals surface area (Å²) in [6.07, 6.45) is 1.96. The van der Waals surface area contributed by atoms with Gasteiger partial charge >= 0.3 is 0 Å². The molecule has 7 nitrogen and oxygen atoms in total. The first kappa shape index (κ1) is 19.2. The van der Waals surface area contributed by atoms with Crippen molar-refractivity contribution in [2.75, 3.05) is 20.2 Å². The van der Waals surface area contributed by atoms with Crippen molar-refractivity contribution in [3.8, 4) is 5.75 Å². The average Bonchev–Trinajstić information content (AvgIpc) is 3.03. The van der Waals surface area contributed by atoms with Crippen molar-refractivity contribution in [1.82, 2.24) is 25.4 Å². The summed E-state index contributed by atoms with van der Waals surface area (Å²) in [5, 5.41) is 11.3. The Labute approximate surface area is 161 Å². The standard InChI is InChI=1S/C20H30N6O/c1-14(2)17-7-5-6-8-18(17)27-12-11-22-20(21-4)24-16-9-10-19-23-15(3)25-26(19)13-16/h5-8,14,16H,9-13H2,1-4H3,(H2,21,22,24). The summed E-state index contributed by atoms with van der Waals surface area (Å²) in [5.41, 5.74) is 1.24. The molecule has 3 rings (SSSR count). The number of fused-ring (bicyclic) bond motifs is 1. The maximum atomic E-state index is 5.96. The first-order chi connectivity index (χ1) is 13.1. The maximum absolute atomic E-state index is 5.96. The molecule has 7 heteroatoms. The molecule has 0 amide bonds. The summed E-state index contributed by atoms with van der Waals surface area (Å²) >= 11 is 0. The van der Waals surface area contributed by atoms with Gasteiger partial charge in [-0.15, -0.1) is 0 Å². The Morgan fingerprint density at radius 2 is 2.19 bits per heavy atom. The van der Waals surface area contributed by atoms with Gasteiger partial charge in [-0.25, -0.2) is 9.67 Å². The van der Waals surface area contributed by atoms with E-state index >= 15 is 0 Å². The van der Waals surface area contributed by atoms with E-state index in [-0.39, 0.29) is 0 Å². The van der Waals surface area contributed by atoms with Crippen LogP contribution in [0.25, 0.3) is 0 Å². The zero-order valence-corrected chi connectivity index (χ0v) is 16.7. The Hall–Kier alpha value is -2.57. The molecule has 0 fully saturated rings. The summed E-state index contributed by atoms with van der Waals surface area (Å²) in [7, 11) is 1.79. The van der Waals surface area contributed by atoms with Crippen LogP contribution in [0.3, 0.4) is 0 Å². The second kappa shape index (κ2) is 8.88. The van der Waals surface area contributed by atoms with Crippen molar-refractivity contribution in [2.45, 2.75) is 52.1 Å². The van der Waals surface area contributed by atoms with Crippen LogP contribution < -0.4 is 15.4 Å². The number of guanidine groups is 1. The van der Waals surface area contributed by atoms with E-state index in [0.29, 0.717) is 25.1 Å². The van der Waals surface area contributed by atoms with Crippen LogP contribution >= 0.6 is 0 Å². The summed E-state index contributed by atoms with van der Waals surface area (Å²) < 4.78 is 7.96. The Bertz CT molecular complexity index is 783. The van der Waals surface area contributed by atoms with Gasteiger partial charge in [-0.2, -0.15) is 5.10 Å². The molecule has 1 aromatic heterocycles. The lowest BCUT2D eigenvalue weighted by Gasteiger charge is -2.25. The van der Waals surface area contributed by atoms with Crippen LogP contribution in [0.2, 0.25) is 0 Å². The number of ether oxygens (including phenoxy) is 1. The van der Waals surface area contributed by atoms with Crippen LogP contribution in [-0.2, 0) is 13.0 Å². The number of aryl methyl sites for hydroxylation is 2. The van der Waals surface area contributed by atoms with Crippen LogP contribution in [0.15, 0.2) is 29.3 Å². The molecule has 0 saturated heterocycles. The minimum Gasteiger partial charge on any atom is -0.491 e. The Morgan fingerprint density at radius 1 is 1.37 bits per heavy atom. The molecular weight excluding hydrogens is 340 g/mol. The monoisotopic (exact) mass is 370 g/mol. The number of rotatable bonds is 6. The lowest BCUT2D eigenvalue weighted by atomic mass is 10.0. The number of nitrogens with one attached hydrogen (secondary N) is 2. The molecule has 2 heterocycles. The van der Waals surface area contributed by atoms with Gasteiger partial charge in [0.05, 0.1) is 13.1 Å². The molecule has 27 heavy (non-hydrogen) atoms. The summed E-state index contributed by atoms with van der Waals surface area (Å²) in [6.45, 7) is 8.38. The third-order valence-corrected chi connectivity index (χ3v) is 4.72. The highest BCUT2D eigenvalue weighted by molar-refractivity contribution is 5.79. The fourth-order valence-corrected chi connectivity index (χ4v) is 3.36. The summed E-state index contributed by atoms with van der Waals surface area (Å²) in [6, 6.07) is 8.52. The van der Waals surface area contributed by atoms with E-state index in [1.807, 2.05) is 23.7 Å². The van der Waals surface area contributed by atoms with Crippen LogP contribution in [0, 0.1) is 6.92 Å². The normalized spacial score (nSPS) is 16.9. The average molecular weight is 371 g/mol. The summed E-state index contributed by atoms with van der Waals surface area (Å²) in [4.78, 5) is 8.78. The van der Waals surface area contributed by atoms with Crippen molar-refractivity contribution < 1.29 is 4.74 Å². The smallest absolute Gasteiger partial charge is 0.191 e. The second-order valence-electron chi connectivity index (χ2n) is 7.18. The van der Waals surface area contributed by atoms with Gasteiger partial charge in [0.15, 0.2) is 5.96 Å². The maximum Gasteiger partial charge on any atom is 0.191 e. The van der Waals surface area contributed by atoms with Crippen LogP contribution in [0.1, 0.15) is 43.4 Å². The fourth-order valence-electron chi connectivity index (χ4n) is 3.36. The van der Waals surface area contributed by atoms with Gasteiger partial charge < -0.3 is 15.4 Å². The van der Waals surface area contributed by atoms with Gasteiger partial charge in [-0.05, 0) is 30.9 Å². The zero-order chi connectivity index (χ0) is 19.2. The lowest BCUT2D eigenvalue weighted by molar-refractivity contribution is 0.316. The molecule has 1 aromatic carbocycles. The minimum atomic E-state index is 0.299. The molecule has 1 aliphatic heterocycles. The van der Waals surface area contributed by atoms with E-state index in [1.165, 1.54) is 5.56 Å². The molecule has 0 aliphatic carbocycles. The number of nitrogens with zero attached hydrogens (tertiary/aromatic N) is 4. The van der Waals surface area contributed by atoms with Crippen LogP contribution in [0.4, 0.5) is 0 Å². The number of hydrogen-bond acceptors (Lipinski definition) is 4. The van der Waals surface area contributed by atoms with E-state index in [2.05, 4.69) is 51.7 Å². The molecule has 146 valence electrons. The predicted octanol–water partition coefficient (Wildman–Crippen LogP) is 2.27. The van der Waals surface area contributed by atoms with Crippen molar-refractivity contribution in [1.29, 1.82) is 0 Å². The SMILES string of the molecule is CN=C(NCCOc1ccccc1C(C)C)NC1CCc2nc(C)nn2C1. The number of para-hydroxylation sites is 1. The first-order valence-corrected chi connectivity index (χ1v) is 9.66. The van der Waals surface area contributed by atoms with Gasteiger partial charge in [0, 0.05) is 19.5 Å². The van der Waals surface area contributed by atoms with E-state index < -0.39 is 0 Å². The van der Waals surface area contributed by atoms with Crippen LogP contribution in [-0.4, -0.2) is 47.0 Å². The van der Waals surface area contributed by atoms with E-state index in [4.69, 9.17) is 4.74 Å². The van der Waals surface area contributed by atoms with Gasteiger partial charge in [0.2, 0.25) is 0 Å². The molecule has 2 aromatic rings. The molecule has 1 unspecified atom stereocenters. The molecule has 1 aliphatic rings. The van der Waals surface area contributed by atoms with Crippen molar-refractivity contribution >= 4 is 5.96 Å². The molecule has 0 saturated carbocycles. The Morgan fingerprint density at radius 3 is 2.96 bits per heavy atom. The molecule has 0 radical (unpaired) electrons. The molecule has 2 N–H and O–H groups in total. The lowest BCUT2D eigenvalue weighted by Crippen LogP contribution is -2.47. The molecule has 1 atom stereocenters. The third-order valence-electron chi connectivity index (χ3n) is 4.72. The number of benzene rings is 1. The van der Waals surface area contributed by atoms with E-state index in [9.17, 15) is 0 Å². The molecule has 0 spiro atoms. The largest absolute Gasteiger partial charge is 0.491 e. The van der Waals surface area contributed by atoms with E-state index in [1.54, 1.807) is 7.05 Å². The second-order valence-corrected chi connectivity index (χ2v) is 7.18. The van der Waals surface area contributed by atoms with Crippen molar-refractivity contribution in [2.24, 2.45) is 4.99 Å². The highest BCUT2D eigenvalue weighted by Gasteiger charge is 2.21. The third kappa shape index (κ3) is 4.99. The Balaban J connectivity index is 1.45. The summed E-state index contributed by atoms with van der Waals surface area (Å²) in [5.74, 6) is 4.11. The molecular formula is C20H30N6O. The van der Waals surface area contributed by atoms with Crippen molar-refractivity contribution in [3.05, 3.63) is 41.5 Å². The first-order valence-electron chi connectivity index (χ1n) is 9.66. The highest BCUT2D eigenvalue weighted by Crippen LogP contribution is 2.25. The van der Waals surface area contributed by atoms with Crippen LogP contribution in [0.5, 0.6) is 5.75 Å². The minimum absolute atomic E-state index is 0.299.